The number of hydrogen-bond donors (Lipinski definition) is 1. The van der Waals surface area contributed by atoms with Crippen LogP contribution in [0.2, 0.25) is 0 Å². The molecule has 1 aliphatic rings. The molecule has 0 radical (unpaired) electrons. The number of rotatable bonds is 5. The molecule has 118 valence electrons. The van der Waals surface area contributed by atoms with E-state index in [1.807, 2.05) is 0 Å². The number of nitrogens with one attached hydrogen (secondary N) is 1. The van der Waals surface area contributed by atoms with Crippen LogP contribution >= 0.6 is 0 Å². The van der Waals surface area contributed by atoms with Crippen LogP contribution in [0.4, 0.5) is 5.69 Å². The van der Waals surface area contributed by atoms with Gasteiger partial charge in [-0.2, -0.15) is 0 Å². The highest BCUT2D eigenvalue weighted by atomic mass is 16.5. The van der Waals surface area contributed by atoms with Gasteiger partial charge in [0.05, 0.1) is 6.61 Å². The molecule has 0 bridgehead atoms. The Kier molecular flexibility index (Phi) is 5.55. The van der Waals surface area contributed by atoms with E-state index in [9.17, 15) is 0 Å². The molecule has 0 heterocycles. The average molecular weight is 289 g/mol. The summed E-state index contributed by atoms with van der Waals surface area (Å²) in [6, 6.07) is 9.06. The topological polar surface area (TPSA) is 21.3 Å². The van der Waals surface area contributed by atoms with Gasteiger partial charge in [-0.1, -0.05) is 40.5 Å². The Labute approximate surface area is 130 Å². The smallest absolute Gasteiger partial charge is 0.119 e. The highest BCUT2D eigenvalue weighted by Crippen LogP contribution is 2.39. The molecule has 0 aromatic heterocycles. The first kappa shape index (κ1) is 16.2. The lowest BCUT2D eigenvalue weighted by molar-refractivity contribution is 0.163. The number of hydrogen-bond acceptors (Lipinski definition) is 2. The fourth-order valence-electron chi connectivity index (χ4n) is 3.42. The van der Waals surface area contributed by atoms with Crippen molar-refractivity contribution in [3.63, 3.8) is 0 Å². The lowest BCUT2D eigenvalue weighted by Crippen LogP contribution is -2.39. The van der Waals surface area contributed by atoms with E-state index in [0.717, 1.165) is 24.7 Å². The molecule has 0 aliphatic heterocycles. The van der Waals surface area contributed by atoms with Crippen molar-refractivity contribution in [2.75, 3.05) is 11.9 Å². The molecule has 21 heavy (non-hydrogen) atoms. The summed E-state index contributed by atoms with van der Waals surface area (Å²) in [5.74, 6) is 1.72. The minimum atomic E-state index is 0.377. The Bertz CT molecular complexity index is 418. The zero-order valence-corrected chi connectivity index (χ0v) is 14.1. The molecule has 2 atom stereocenters. The molecule has 2 nitrogen and oxygen atoms in total. The van der Waals surface area contributed by atoms with Gasteiger partial charge in [-0.15, -0.1) is 0 Å². The molecule has 2 rings (SSSR count). The average Bonchev–Trinajstić information content (AvgIpc) is 2.46. The van der Waals surface area contributed by atoms with Gasteiger partial charge in [0.15, 0.2) is 0 Å². The van der Waals surface area contributed by atoms with Gasteiger partial charge < -0.3 is 10.1 Å². The van der Waals surface area contributed by atoms with Crippen LogP contribution in [0.3, 0.4) is 0 Å². The highest BCUT2D eigenvalue weighted by molar-refractivity contribution is 5.47. The van der Waals surface area contributed by atoms with Gasteiger partial charge in [-0.25, -0.2) is 0 Å². The molecule has 2 heteroatoms. The van der Waals surface area contributed by atoms with Crippen molar-refractivity contribution in [3.05, 3.63) is 24.3 Å². The van der Waals surface area contributed by atoms with Crippen LogP contribution in [-0.4, -0.2) is 12.6 Å². The monoisotopic (exact) mass is 289 g/mol. The summed E-state index contributed by atoms with van der Waals surface area (Å²) in [5.41, 5.74) is 1.60. The Balaban J connectivity index is 1.98. The maximum Gasteiger partial charge on any atom is 0.119 e. The lowest BCUT2D eigenvalue weighted by atomic mass is 9.69. The second-order valence-corrected chi connectivity index (χ2v) is 7.38. The minimum absolute atomic E-state index is 0.377. The van der Waals surface area contributed by atoms with Gasteiger partial charge in [0.2, 0.25) is 0 Å². The first-order valence-electron chi connectivity index (χ1n) is 8.50. The van der Waals surface area contributed by atoms with E-state index in [1.165, 1.54) is 31.4 Å². The molecule has 1 aromatic carbocycles. The SMILES string of the molecule is CCCOc1ccc(NC2CCCCC2C(C)(C)C)cc1. The zero-order valence-electron chi connectivity index (χ0n) is 14.1. The van der Waals surface area contributed by atoms with Gasteiger partial charge in [-0.3, -0.25) is 0 Å². The highest BCUT2D eigenvalue weighted by Gasteiger charge is 2.33. The molecular formula is C19H31NO. The van der Waals surface area contributed by atoms with Gasteiger partial charge >= 0.3 is 0 Å². The predicted octanol–water partition coefficient (Wildman–Crippen LogP) is 5.49. The second kappa shape index (κ2) is 7.20. The van der Waals surface area contributed by atoms with Gasteiger partial charge in [-0.05, 0) is 54.9 Å². The summed E-state index contributed by atoms with van der Waals surface area (Å²) in [6.45, 7) is 10.0. The van der Waals surface area contributed by atoms with E-state index in [4.69, 9.17) is 4.74 Å². The van der Waals surface area contributed by atoms with E-state index >= 15 is 0 Å². The van der Waals surface area contributed by atoms with E-state index < -0.39 is 0 Å². The van der Waals surface area contributed by atoms with Crippen LogP contribution in [0, 0.1) is 11.3 Å². The van der Waals surface area contributed by atoms with E-state index in [2.05, 4.69) is 57.3 Å². The number of anilines is 1. The fourth-order valence-corrected chi connectivity index (χ4v) is 3.42. The molecule has 0 spiro atoms. The summed E-state index contributed by atoms with van der Waals surface area (Å²) >= 11 is 0. The minimum Gasteiger partial charge on any atom is -0.494 e. The van der Waals surface area contributed by atoms with Crippen LogP contribution in [0.25, 0.3) is 0 Å². The van der Waals surface area contributed by atoms with Crippen LogP contribution in [-0.2, 0) is 0 Å². The van der Waals surface area contributed by atoms with Crippen LogP contribution in [0.5, 0.6) is 5.75 Å². The van der Waals surface area contributed by atoms with Crippen molar-refractivity contribution in [2.24, 2.45) is 11.3 Å². The second-order valence-electron chi connectivity index (χ2n) is 7.38. The molecule has 1 fully saturated rings. The van der Waals surface area contributed by atoms with Crippen LogP contribution in [0.15, 0.2) is 24.3 Å². The van der Waals surface area contributed by atoms with Crippen molar-refractivity contribution < 1.29 is 4.74 Å². The largest absolute Gasteiger partial charge is 0.494 e. The number of ether oxygens (including phenoxy) is 1. The van der Waals surface area contributed by atoms with Crippen molar-refractivity contribution in [1.82, 2.24) is 0 Å². The Morgan fingerprint density at radius 3 is 2.38 bits per heavy atom. The van der Waals surface area contributed by atoms with Gasteiger partial charge in [0.1, 0.15) is 5.75 Å². The van der Waals surface area contributed by atoms with Crippen molar-refractivity contribution in [1.29, 1.82) is 0 Å². The van der Waals surface area contributed by atoms with Crippen molar-refractivity contribution in [2.45, 2.75) is 65.8 Å². The fraction of sp³-hybridized carbons (Fsp3) is 0.684. The summed E-state index contributed by atoms with van der Waals surface area (Å²) in [6.07, 6.45) is 6.41. The maximum absolute atomic E-state index is 5.65. The molecule has 2 unspecified atom stereocenters. The lowest BCUT2D eigenvalue weighted by Gasteiger charge is -2.41. The van der Waals surface area contributed by atoms with Gasteiger partial charge in [0, 0.05) is 11.7 Å². The van der Waals surface area contributed by atoms with E-state index in [1.54, 1.807) is 0 Å². The quantitative estimate of drug-likeness (QED) is 0.773. The normalized spacial score (nSPS) is 22.9. The van der Waals surface area contributed by atoms with Crippen LogP contribution in [0.1, 0.15) is 59.8 Å². The molecule has 1 aliphatic carbocycles. The first-order valence-corrected chi connectivity index (χ1v) is 8.50. The summed E-state index contributed by atoms with van der Waals surface area (Å²) < 4.78 is 5.65. The van der Waals surface area contributed by atoms with E-state index in [-0.39, 0.29) is 0 Å². The third kappa shape index (κ3) is 4.66. The van der Waals surface area contributed by atoms with Crippen molar-refractivity contribution in [3.8, 4) is 5.75 Å². The Morgan fingerprint density at radius 2 is 1.76 bits per heavy atom. The van der Waals surface area contributed by atoms with Gasteiger partial charge in [0.25, 0.3) is 0 Å². The molecular weight excluding hydrogens is 258 g/mol. The Morgan fingerprint density at radius 1 is 1.10 bits per heavy atom. The Hall–Kier alpha value is -1.18. The summed E-state index contributed by atoms with van der Waals surface area (Å²) in [5, 5.41) is 3.77. The zero-order chi connectivity index (χ0) is 15.3. The third-order valence-electron chi connectivity index (χ3n) is 4.56. The predicted molar refractivity (Wildman–Crippen MR) is 91.1 cm³/mol. The molecule has 1 N–H and O–H groups in total. The summed E-state index contributed by atoms with van der Waals surface area (Å²) in [7, 11) is 0. The molecule has 0 saturated heterocycles. The molecule has 1 aromatic rings. The van der Waals surface area contributed by atoms with E-state index in [0.29, 0.717) is 11.5 Å². The molecule has 1 saturated carbocycles. The first-order chi connectivity index (χ1) is 10.0. The summed E-state index contributed by atoms with van der Waals surface area (Å²) in [4.78, 5) is 0. The van der Waals surface area contributed by atoms with Crippen molar-refractivity contribution >= 4 is 5.69 Å². The third-order valence-corrected chi connectivity index (χ3v) is 4.56. The standard InChI is InChI=1S/C19H31NO/c1-5-14-21-16-12-10-15(11-13-16)20-18-9-7-6-8-17(18)19(2,3)4/h10-13,17-18,20H,5-9,14H2,1-4H3. The van der Waals surface area contributed by atoms with Crippen LogP contribution < -0.4 is 10.1 Å². The molecule has 0 amide bonds. The number of benzene rings is 1. The maximum atomic E-state index is 5.65.